The molecule has 3 rings (SSSR count). The molecule has 0 aromatic heterocycles. The summed E-state index contributed by atoms with van der Waals surface area (Å²) in [7, 11) is 0. The minimum atomic E-state index is -0.641. The molecule has 7 nitrogen and oxygen atoms in total. The summed E-state index contributed by atoms with van der Waals surface area (Å²) in [4.78, 5) is 24.8. The van der Waals surface area contributed by atoms with E-state index in [2.05, 4.69) is 5.32 Å². The Labute approximate surface area is 145 Å². The van der Waals surface area contributed by atoms with Gasteiger partial charge in [0.15, 0.2) is 6.23 Å². The van der Waals surface area contributed by atoms with Crippen LogP contribution in [0.1, 0.15) is 23.8 Å². The molecule has 1 aliphatic heterocycles. The standard InChI is InChI=1S/C18H19N3O4/c1-13-6-2-3-9-16(13)19-18(22)20-10-5-11-25-17(20)14-7-4-8-15(12-14)21(23)24/h2-4,6-9,12,17H,5,10-11H2,1H3,(H,19,22)/t17-/m1/s1. The Morgan fingerprint density at radius 1 is 1.28 bits per heavy atom. The van der Waals surface area contributed by atoms with E-state index in [1.165, 1.54) is 12.1 Å². The molecule has 0 spiro atoms. The Hall–Kier alpha value is -2.93. The van der Waals surface area contributed by atoms with Gasteiger partial charge in [0.05, 0.1) is 11.5 Å². The SMILES string of the molecule is Cc1ccccc1NC(=O)N1CCCO[C@@H]1c1cccc([N+](=O)[O-])c1. The number of hydrogen-bond donors (Lipinski definition) is 1. The molecule has 2 amide bonds. The monoisotopic (exact) mass is 341 g/mol. The molecule has 25 heavy (non-hydrogen) atoms. The first-order valence-electron chi connectivity index (χ1n) is 8.05. The van der Waals surface area contributed by atoms with E-state index in [9.17, 15) is 14.9 Å². The van der Waals surface area contributed by atoms with Crippen LogP contribution < -0.4 is 5.32 Å². The number of hydrogen-bond acceptors (Lipinski definition) is 4. The zero-order chi connectivity index (χ0) is 17.8. The molecule has 1 atom stereocenters. The van der Waals surface area contributed by atoms with Gasteiger partial charge in [-0.25, -0.2) is 4.79 Å². The van der Waals surface area contributed by atoms with E-state index >= 15 is 0 Å². The smallest absolute Gasteiger partial charge is 0.324 e. The number of amides is 2. The molecule has 0 bridgehead atoms. The van der Waals surface area contributed by atoms with Gasteiger partial charge in [-0.1, -0.05) is 30.3 Å². The molecule has 1 aliphatic rings. The minimum absolute atomic E-state index is 0.0223. The number of nitrogens with one attached hydrogen (secondary N) is 1. The second-order valence-electron chi connectivity index (χ2n) is 5.87. The predicted molar refractivity (Wildman–Crippen MR) is 93.3 cm³/mol. The van der Waals surface area contributed by atoms with Gasteiger partial charge >= 0.3 is 6.03 Å². The third-order valence-electron chi connectivity index (χ3n) is 4.12. The van der Waals surface area contributed by atoms with Gasteiger partial charge in [-0.05, 0) is 25.0 Å². The molecule has 0 saturated carbocycles. The Morgan fingerprint density at radius 2 is 2.08 bits per heavy atom. The van der Waals surface area contributed by atoms with E-state index in [-0.39, 0.29) is 11.7 Å². The fraction of sp³-hybridized carbons (Fsp3) is 0.278. The van der Waals surface area contributed by atoms with Crippen LogP contribution in [-0.4, -0.2) is 29.0 Å². The Morgan fingerprint density at radius 3 is 2.84 bits per heavy atom. The predicted octanol–water partition coefficient (Wildman–Crippen LogP) is 3.86. The Kier molecular flexibility index (Phi) is 4.95. The van der Waals surface area contributed by atoms with Crippen molar-refractivity contribution >= 4 is 17.4 Å². The summed E-state index contributed by atoms with van der Waals surface area (Å²) < 4.78 is 5.74. The largest absolute Gasteiger partial charge is 0.354 e. The number of nitro benzene ring substituents is 1. The lowest BCUT2D eigenvalue weighted by atomic mass is 10.1. The summed E-state index contributed by atoms with van der Waals surface area (Å²) in [5.41, 5.74) is 2.26. The highest BCUT2D eigenvalue weighted by Crippen LogP contribution is 2.29. The third-order valence-corrected chi connectivity index (χ3v) is 4.12. The molecule has 2 aromatic rings. The molecule has 0 radical (unpaired) electrons. The van der Waals surface area contributed by atoms with Crippen LogP contribution in [0.25, 0.3) is 0 Å². The molecular formula is C18H19N3O4. The fourth-order valence-corrected chi connectivity index (χ4v) is 2.81. The number of para-hydroxylation sites is 1. The fourth-order valence-electron chi connectivity index (χ4n) is 2.81. The van der Waals surface area contributed by atoms with Crippen molar-refractivity contribution in [2.24, 2.45) is 0 Å². The van der Waals surface area contributed by atoms with Gasteiger partial charge in [0.25, 0.3) is 5.69 Å². The van der Waals surface area contributed by atoms with Gasteiger partial charge in [-0.15, -0.1) is 0 Å². The Bertz CT molecular complexity index is 793. The molecule has 1 fully saturated rings. The molecule has 2 aromatic carbocycles. The summed E-state index contributed by atoms with van der Waals surface area (Å²) in [6.45, 7) is 2.94. The number of urea groups is 1. The lowest BCUT2D eigenvalue weighted by molar-refractivity contribution is -0.385. The average molecular weight is 341 g/mol. The number of carbonyl (C=O) groups is 1. The maximum absolute atomic E-state index is 12.7. The van der Waals surface area contributed by atoms with Crippen LogP contribution in [0.3, 0.4) is 0 Å². The van der Waals surface area contributed by atoms with Crippen LogP contribution in [0.4, 0.5) is 16.2 Å². The van der Waals surface area contributed by atoms with Gasteiger partial charge in [0.2, 0.25) is 0 Å². The molecule has 0 unspecified atom stereocenters. The first-order chi connectivity index (χ1) is 12.1. The van der Waals surface area contributed by atoms with Crippen molar-refractivity contribution in [3.8, 4) is 0 Å². The number of ether oxygens (including phenoxy) is 1. The van der Waals surface area contributed by atoms with E-state index in [4.69, 9.17) is 4.74 Å². The summed E-state index contributed by atoms with van der Waals surface area (Å²) in [6, 6.07) is 13.4. The van der Waals surface area contributed by atoms with E-state index in [1.807, 2.05) is 31.2 Å². The Balaban J connectivity index is 1.83. The highest BCUT2D eigenvalue weighted by molar-refractivity contribution is 5.90. The number of benzene rings is 2. The second kappa shape index (κ2) is 7.31. The molecule has 1 saturated heterocycles. The number of anilines is 1. The minimum Gasteiger partial charge on any atom is -0.354 e. The lowest BCUT2D eigenvalue weighted by Crippen LogP contribution is -2.43. The van der Waals surface area contributed by atoms with Crippen LogP contribution in [0.5, 0.6) is 0 Å². The quantitative estimate of drug-likeness (QED) is 0.678. The zero-order valence-electron chi connectivity index (χ0n) is 13.8. The highest BCUT2D eigenvalue weighted by atomic mass is 16.6. The molecule has 130 valence electrons. The van der Waals surface area contributed by atoms with Gasteiger partial charge in [-0.3, -0.25) is 15.0 Å². The number of non-ortho nitro benzene ring substituents is 1. The van der Waals surface area contributed by atoms with E-state index in [0.29, 0.717) is 25.1 Å². The molecule has 1 N–H and O–H groups in total. The summed E-state index contributed by atoms with van der Waals surface area (Å²) >= 11 is 0. The maximum Gasteiger partial charge on any atom is 0.324 e. The molecule has 7 heteroatoms. The lowest BCUT2D eigenvalue weighted by Gasteiger charge is -2.35. The summed E-state index contributed by atoms with van der Waals surface area (Å²) in [5.74, 6) is 0. The van der Waals surface area contributed by atoms with Crippen molar-refractivity contribution in [1.29, 1.82) is 0 Å². The summed E-state index contributed by atoms with van der Waals surface area (Å²) in [5, 5.41) is 13.9. The highest BCUT2D eigenvalue weighted by Gasteiger charge is 2.30. The number of rotatable bonds is 3. The van der Waals surface area contributed by atoms with Crippen LogP contribution in [0.2, 0.25) is 0 Å². The topological polar surface area (TPSA) is 84.7 Å². The van der Waals surface area contributed by atoms with Gasteiger partial charge in [0.1, 0.15) is 0 Å². The van der Waals surface area contributed by atoms with Crippen molar-refractivity contribution in [1.82, 2.24) is 4.90 Å². The molecule has 1 heterocycles. The zero-order valence-corrected chi connectivity index (χ0v) is 13.8. The molecule has 0 aliphatic carbocycles. The van der Waals surface area contributed by atoms with Crippen LogP contribution >= 0.6 is 0 Å². The van der Waals surface area contributed by atoms with Crippen molar-refractivity contribution in [2.45, 2.75) is 19.6 Å². The summed E-state index contributed by atoms with van der Waals surface area (Å²) in [6.07, 6.45) is 0.0739. The first kappa shape index (κ1) is 16.9. The number of carbonyl (C=O) groups excluding carboxylic acids is 1. The van der Waals surface area contributed by atoms with E-state index in [0.717, 1.165) is 11.3 Å². The van der Waals surface area contributed by atoms with Gasteiger partial charge in [-0.2, -0.15) is 0 Å². The van der Waals surface area contributed by atoms with Gasteiger partial charge in [0, 0.05) is 29.9 Å². The van der Waals surface area contributed by atoms with E-state index in [1.54, 1.807) is 17.0 Å². The van der Waals surface area contributed by atoms with Crippen LogP contribution in [-0.2, 0) is 4.74 Å². The van der Waals surface area contributed by atoms with Crippen molar-refractivity contribution in [2.75, 3.05) is 18.5 Å². The van der Waals surface area contributed by atoms with Crippen LogP contribution in [0, 0.1) is 17.0 Å². The number of nitro groups is 1. The van der Waals surface area contributed by atoms with Gasteiger partial charge < -0.3 is 10.1 Å². The van der Waals surface area contributed by atoms with Crippen molar-refractivity contribution < 1.29 is 14.5 Å². The first-order valence-corrected chi connectivity index (χ1v) is 8.05. The molecular weight excluding hydrogens is 322 g/mol. The van der Waals surface area contributed by atoms with Crippen LogP contribution in [0.15, 0.2) is 48.5 Å². The van der Waals surface area contributed by atoms with Crippen molar-refractivity contribution in [3.05, 3.63) is 69.8 Å². The maximum atomic E-state index is 12.7. The number of nitrogens with zero attached hydrogens (tertiary/aromatic N) is 2. The van der Waals surface area contributed by atoms with E-state index < -0.39 is 11.2 Å². The number of aryl methyl sites for hydroxylation is 1. The third kappa shape index (κ3) is 3.77. The normalized spacial score (nSPS) is 17.2. The average Bonchev–Trinajstić information content (AvgIpc) is 2.63. The van der Waals surface area contributed by atoms with Crippen molar-refractivity contribution in [3.63, 3.8) is 0 Å². The second-order valence-corrected chi connectivity index (χ2v) is 5.87.